The number of carbonyl (C=O) groups excluding carboxylic acids is 4. The van der Waals surface area contributed by atoms with Crippen LogP contribution in [0.5, 0.6) is 5.75 Å². The first-order valence-corrected chi connectivity index (χ1v) is 17.3. The molecule has 0 bridgehead atoms. The van der Waals surface area contributed by atoms with E-state index in [-0.39, 0.29) is 42.8 Å². The summed E-state index contributed by atoms with van der Waals surface area (Å²) in [6, 6.07) is 28.5. The molecule has 13 heteroatoms. The molecule has 3 N–H and O–H groups in total. The molecule has 12 nitrogen and oxygen atoms in total. The molecule has 0 heterocycles. The van der Waals surface area contributed by atoms with Crippen molar-refractivity contribution < 1.29 is 33.8 Å². The van der Waals surface area contributed by atoms with Crippen molar-refractivity contribution in [2.24, 2.45) is 0 Å². The van der Waals surface area contributed by atoms with E-state index in [4.69, 9.17) is 9.84 Å². The largest absolute Gasteiger partial charge is 0.0354 e. The second-order valence-corrected chi connectivity index (χ2v) is 12.9. The summed E-state index contributed by atoms with van der Waals surface area (Å²) in [7, 11) is 3.30. The average molecular weight is 704 g/mol. The average Bonchev–Trinajstić information content (AvgIpc) is 3.11. The van der Waals surface area contributed by atoms with Crippen molar-refractivity contribution >= 4 is 83.2 Å². The molecule has 4 aromatic rings. The third-order valence-corrected chi connectivity index (χ3v) is 8.19. The van der Waals surface area contributed by atoms with Gasteiger partial charge in [0.2, 0.25) is 0 Å². The second kappa shape index (κ2) is 19.9. The molecule has 0 atom stereocenters. The molecule has 0 aromatic heterocycles. The van der Waals surface area contributed by atoms with E-state index in [0.717, 1.165) is 47.6 Å². The molecule has 0 saturated heterocycles. The van der Waals surface area contributed by atoms with Gasteiger partial charge in [-0.25, -0.2) is 0 Å². The van der Waals surface area contributed by atoms with Gasteiger partial charge in [-0.3, -0.25) is 9.59 Å². The van der Waals surface area contributed by atoms with E-state index in [1.807, 2.05) is 68.4 Å². The van der Waals surface area contributed by atoms with Crippen LogP contribution in [0.3, 0.4) is 0 Å². The monoisotopic (exact) mass is 703 g/mol. The quantitative estimate of drug-likeness (QED) is 0.185. The summed E-state index contributed by atoms with van der Waals surface area (Å²) >= 11 is 0.828. The number of aryl methyl sites for hydroxylation is 2. The minimum absolute atomic E-state index is 0.222. The fourth-order valence-electron chi connectivity index (χ4n) is 4.82. The van der Waals surface area contributed by atoms with Crippen LogP contribution in [0.1, 0.15) is 24.5 Å². The first-order chi connectivity index (χ1) is 24.3. The van der Waals surface area contributed by atoms with E-state index in [1.54, 1.807) is 63.5 Å². The summed E-state index contributed by atoms with van der Waals surface area (Å²) in [5.41, 5.74) is 4.36. The first-order valence-electron chi connectivity index (χ1n) is 16.3. The Balaban J connectivity index is 0.00000131. The van der Waals surface area contributed by atoms with Crippen molar-refractivity contribution in [2.45, 2.75) is 27.2 Å². The Hall–Kier alpha value is -5.17. The number of benzene rings is 4. The van der Waals surface area contributed by atoms with E-state index in [0.29, 0.717) is 11.4 Å². The van der Waals surface area contributed by atoms with E-state index >= 15 is 0 Å². The molecule has 0 aliphatic heterocycles. The predicted molar refractivity (Wildman–Crippen MR) is 200 cm³/mol. The Bertz CT molecular complexity index is 1820. The van der Waals surface area contributed by atoms with Crippen LogP contribution >= 0.6 is 0 Å². The van der Waals surface area contributed by atoms with Gasteiger partial charge in [0.25, 0.3) is 5.91 Å². The maximum absolute atomic E-state index is 13.7. The van der Waals surface area contributed by atoms with Crippen molar-refractivity contribution in [1.29, 1.82) is 0 Å². The Morgan fingerprint density at radius 3 is 1.98 bits per heavy atom. The standard InChI is InChI=1S/C35H36N5O5.C3H6O2.Na/c1-25-19-26(2)21-29(20-25)39(4)34(43)24-45-31-18-12-11-17-30(31)40(23-33(42)38(3)28-15-9-6-10-16-28)32(41)22-36-35(44)37-27-13-7-5-8-14-27;1-2-3(4)5;/h5-7,9-21H,22-24H2,1-4H3,(H2,36,37,44);2H2,1H3,(H,4,5);. The Kier molecular flexibility index (Phi) is 15.7. The fourth-order valence-corrected chi connectivity index (χ4v) is 5.32. The maximum atomic E-state index is 13.7. The van der Waals surface area contributed by atoms with Gasteiger partial charge >= 0.3 is 167 Å². The van der Waals surface area contributed by atoms with Gasteiger partial charge in [0, 0.05) is 31.9 Å². The molecular formula is C38H42N5NaO7. The van der Waals surface area contributed by atoms with E-state index < -0.39 is 24.5 Å². The number of rotatable bonds is 12. The number of carboxylic acids is 1. The number of ether oxygens (including phenoxy) is 1. The van der Waals surface area contributed by atoms with Crippen LogP contribution in [-0.4, -0.2) is 96.6 Å². The molecule has 4 rings (SSSR count). The fraction of sp³-hybridized carbons (Fsp3) is 0.237. The van der Waals surface area contributed by atoms with Crippen LogP contribution in [0.15, 0.2) is 97.1 Å². The number of para-hydroxylation sites is 3. The topological polar surface area (TPSA) is 149 Å². The van der Waals surface area contributed by atoms with Crippen LogP contribution in [0, 0.1) is 13.8 Å². The molecule has 0 radical (unpaired) electrons. The minimum atomic E-state index is -0.745. The van der Waals surface area contributed by atoms with Gasteiger partial charge in [0.15, 0.2) is 6.61 Å². The zero-order valence-corrected chi connectivity index (χ0v) is 31.8. The van der Waals surface area contributed by atoms with Crippen LogP contribution in [0.2, 0.25) is 0 Å². The van der Waals surface area contributed by atoms with Crippen LogP contribution in [-0.2, 0) is 19.2 Å². The van der Waals surface area contributed by atoms with Crippen molar-refractivity contribution in [1.82, 2.24) is 5.32 Å². The molecular weight excluding hydrogens is 661 g/mol. The minimum Gasteiger partial charge on any atom is -0.0354 e. The SMILES string of the molecule is CCC(=O)O.Cc1cc(C)cc(N(C)C(=O)COc2ccccc2N(CC(=O)N(C)c2ccccc2)C(=O)CNC(=O)Nc2ccc[c]([Na])c2)c1. The van der Waals surface area contributed by atoms with E-state index in [1.165, 1.54) is 14.7 Å². The van der Waals surface area contributed by atoms with Crippen molar-refractivity contribution in [3.63, 3.8) is 0 Å². The molecule has 262 valence electrons. The summed E-state index contributed by atoms with van der Waals surface area (Å²) < 4.78 is 7.08. The number of carbonyl (C=O) groups is 5. The number of amides is 5. The summed E-state index contributed by atoms with van der Waals surface area (Å²) in [5, 5.41) is 13.0. The number of carboxylic acid groups (broad SMARTS) is 1. The maximum Gasteiger partial charge on any atom is -0.0354 e. The van der Waals surface area contributed by atoms with Gasteiger partial charge in [-0.1, -0.05) is 37.3 Å². The summed E-state index contributed by atoms with van der Waals surface area (Å²) in [4.78, 5) is 66.5. The number of anilines is 4. The number of urea groups is 1. The van der Waals surface area contributed by atoms with Crippen LogP contribution in [0.4, 0.5) is 27.5 Å². The number of aliphatic carboxylic acids is 1. The molecule has 0 spiro atoms. The molecule has 4 aromatic carbocycles. The van der Waals surface area contributed by atoms with Gasteiger partial charge in [0.05, 0.1) is 0 Å². The van der Waals surface area contributed by atoms with Crippen LogP contribution in [0.25, 0.3) is 0 Å². The normalized spacial score (nSPS) is 10.2. The van der Waals surface area contributed by atoms with E-state index in [9.17, 15) is 24.0 Å². The molecule has 0 aliphatic carbocycles. The van der Waals surface area contributed by atoms with Crippen molar-refractivity contribution in [2.75, 3.05) is 53.8 Å². The molecule has 0 saturated carbocycles. The number of nitrogens with zero attached hydrogens (tertiary/aromatic N) is 3. The third-order valence-electron chi connectivity index (χ3n) is 7.57. The second-order valence-electron chi connectivity index (χ2n) is 11.7. The zero-order chi connectivity index (χ0) is 37.5. The van der Waals surface area contributed by atoms with Gasteiger partial charge in [0.1, 0.15) is 0 Å². The van der Waals surface area contributed by atoms with E-state index in [2.05, 4.69) is 10.6 Å². The zero-order valence-electron chi connectivity index (χ0n) is 29.8. The number of nitrogens with one attached hydrogen (secondary N) is 2. The molecule has 0 aliphatic rings. The van der Waals surface area contributed by atoms with Crippen LogP contribution < -0.4 is 32.9 Å². The summed E-state index contributed by atoms with van der Waals surface area (Å²) in [6.07, 6.45) is 0.222. The van der Waals surface area contributed by atoms with Gasteiger partial charge in [-0.2, -0.15) is 0 Å². The number of likely N-dealkylation sites (N-methyl/N-ethyl adjacent to an activating group) is 2. The van der Waals surface area contributed by atoms with Crippen molar-refractivity contribution in [3.8, 4) is 5.75 Å². The predicted octanol–water partition coefficient (Wildman–Crippen LogP) is 4.44. The Morgan fingerprint density at radius 1 is 0.745 bits per heavy atom. The summed E-state index contributed by atoms with van der Waals surface area (Å²) in [6.45, 7) is 4.49. The molecule has 5 amide bonds. The number of hydrogen-bond donors (Lipinski definition) is 3. The van der Waals surface area contributed by atoms with Crippen molar-refractivity contribution in [3.05, 3.63) is 108 Å². The first kappa shape index (κ1) is 40.3. The number of hydrogen-bond acceptors (Lipinski definition) is 6. The summed E-state index contributed by atoms with van der Waals surface area (Å²) in [5.74, 6) is -1.72. The van der Waals surface area contributed by atoms with Gasteiger partial charge in [-0.15, -0.1) is 0 Å². The smallest absolute Gasteiger partial charge is 0.0354 e. The van der Waals surface area contributed by atoms with Gasteiger partial charge in [-0.05, 0) is 49.2 Å². The molecule has 51 heavy (non-hydrogen) atoms. The van der Waals surface area contributed by atoms with Gasteiger partial charge < -0.3 is 10.0 Å². The third kappa shape index (κ3) is 12.9. The molecule has 0 unspecified atom stereocenters. The molecule has 0 fully saturated rings. The Labute approximate surface area is 315 Å². The Morgan fingerprint density at radius 2 is 1.35 bits per heavy atom.